The van der Waals surface area contributed by atoms with Crippen LogP contribution in [0.15, 0.2) is 48.5 Å². The number of ether oxygens (including phenoxy) is 4. The summed E-state index contributed by atoms with van der Waals surface area (Å²) >= 11 is 0. The van der Waals surface area contributed by atoms with Crippen LogP contribution in [-0.4, -0.2) is 37.1 Å². The lowest BCUT2D eigenvalue weighted by atomic mass is 10.2. The largest absolute Gasteiger partial charge is 0.462 e. The van der Waals surface area contributed by atoms with Crippen molar-refractivity contribution in [3.8, 4) is 11.5 Å². The van der Waals surface area contributed by atoms with Crippen molar-refractivity contribution in [1.82, 2.24) is 0 Å². The Hall–Kier alpha value is -3.68. The van der Waals surface area contributed by atoms with Crippen LogP contribution in [0.2, 0.25) is 0 Å². The zero-order chi connectivity index (χ0) is 25.5. The fraction of sp³-hybridized carbons (Fsp3) is 0.407. The molecule has 0 spiro atoms. The van der Waals surface area contributed by atoms with Crippen LogP contribution < -0.4 is 9.47 Å². The van der Waals surface area contributed by atoms with Crippen molar-refractivity contribution < 1.29 is 38.1 Å². The van der Waals surface area contributed by atoms with Crippen LogP contribution in [0.25, 0.3) is 0 Å². The molecule has 0 amide bonds. The van der Waals surface area contributed by atoms with E-state index in [2.05, 4.69) is 0 Å². The number of carbonyl (C=O) groups excluding carboxylic acids is 4. The summed E-state index contributed by atoms with van der Waals surface area (Å²) in [5, 5.41) is 0. The molecule has 0 saturated heterocycles. The Labute approximate surface area is 205 Å². The number of hydrogen-bond acceptors (Lipinski definition) is 8. The quantitative estimate of drug-likeness (QED) is 0.203. The molecule has 0 aliphatic rings. The SMILES string of the molecule is CCCCOC(=O)c1ccc(OC(=O)CCCC(=O)Oc2ccc(C(=O)OCCCC)cc2)cc1. The highest BCUT2D eigenvalue weighted by molar-refractivity contribution is 5.90. The summed E-state index contributed by atoms with van der Waals surface area (Å²) in [5.74, 6) is -1.23. The van der Waals surface area contributed by atoms with Gasteiger partial charge in [0.2, 0.25) is 0 Å². The van der Waals surface area contributed by atoms with Crippen LogP contribution in [0.5, 0.6) is 11.5 Å². The average molecular weight is 485 g/mol. The molecule has 0 aliphatic carbocycles. The molecular formula is C27H32O8. The fourth-order valence-corrected chi connectivity index (χ4v) is 2.85. The van der Waals surface area contributed by atoms with Crippen LogP contribution in [0.1, 0.15) is 79.5 Å². The summed E-state index contributed by atoms with van der Waals surface area (Å²) in [7, 11) is 0. The maximum atomic E-state index is 12.0. The first-order valence-electron chi connectivity index (χ1n) is 11.9. The number of rotatable bonds is 14. The van der Waals surface area contributed by atoms with Gasteiger partial charge in [0.1, 0.15) is 11.5 Å². The van der Waals surface area contributed by atoms with Crippen molar-refractivity contribution >= 4 is 23.9 Å². The van der Waals surface area contributed by atoms with Crippen molar-refractivity contribution in [3.63, 3.8) is 0 Å². The third kappa shape index (κ3) is 10.4. The van der Waals surface area contributed by atoms with Gasteiger partial charge in [-0.25, -0.2) is 9.59 Å². The van der Waals surface area contributed by atoms with E-state index in [1.54, 1.807) is 0 Å². The molecule has 188 valence electrons. The molecular weight excluding hydrogens is 452 g/mol. The smallest absolute Gasteiger partial charge is 0.338 e. The molecule has 2 aromatic rings. The summed E-state index contributed by atoms with van der Waals surface area (Å²) < 4.78 is 20.7. The van der Waals surface area contributed by atoms with Gasteiger partial charge in [0.05, 0.1) is 24.3 Å². The molecule has 0 saturated carbocycles. The van der Waals surface area contributed by atoms with Crippen LogP contribution in [0, 0.1) is 0 Å². The molecule has 0 bridgehead atoms. The molecule has 2 aromatic carbocycles. The van der Waals surface area contributed by atoms with Gasteiger partial charge in [-0.05, 0) is 67.8 Å². The zero-order valence-electron chi connectivity index (χ0n) is 20.2. The van der Waals surface area contributed by atoms with Crippen molar-refractivity contribution in [3.05, 3.63) is 59.7 Å². The van der Waals surface area contributed by atoms with Gasteiger partial charge < -0.3 is 18.9 Å². The van der Waals surface area contributed by atoms with Gasteiger partial charge in [-0.2, -0.15) is 0 Å². The monoisotopic (exact) mass is 484 g/mol. The van der Waals surface area contributed by atoms with Crippen LogP contribution in [-0.2, 0) is 19.1 Å². The summed E-state index contributed by atoms with van der Waals surface area (Å²) in [6, 6.07) is 12.2. The first-order valence-corrected chi connectivity index (χ1v) is 11.9. The van der Waals surface area contributed by atoms with Gasteiger partial charge in [-0.15, -0.1) is 0 Å². The number of benzene rings is 2. The maximum Gasteiger partial charge on any atom is 0.338 e. The van der Waals surface area contributed by atoms with Gasteiger partial charge in [0.15, 0.2) is 0 Å². The van der Waals surface area contributed by atoms with Gasteiger partial charge in [0.25, 0.3) is 0 Å². The maximum absolute atomic E-state index is 12.0. The lowest BCUT2D eigenvalue weighted by Crippen LogP contribution is -2.12. The zero-order valence-corrected chi connectivity index (χ0v) is 20.2. The minimum atomic E-state index is -0.498. The summed E-state index contributed by atoms with van der Waals surface area (Å²) in [5.41, 5.74) is 0.759. The second kappa shape index (κ2) is 15.3. The number of esters is 4. The molecule has 0 unspecified atom stereocenters. The van der Waals surface area contributed by atoms with Gasteiger partial charge >= 0.3 is 23.9 Å². The van der Waals surface area contributed by atoms with Crippen LogP contribution in [0.3, 0.4) is 0 Å². The molecule has 0 heterocycles. The number of carbonyl (C=O) groups is 4. The van der Waals surface area contributed by atoms with E-state index in [9.17, 15) is 19.2 Å². The van der Waals surface area contributed by atoms with Crippen molar-refractivity contribution in [2.75, 3.05) is 13.2 Å². The van der Waals surface area contributed by atoms with E-state index in [4.69, 9.17) is 18.9 Å². The highest BCUT2D eigenvalue weighted by Crippen LogP contribution is 2.16. The average Bonchev–Trinajstić information content (AvgIpc) is 2.85. The minimum absolute atomic E-state index is 0.0262. The third-order valence-electron chi connectivity index (χ3n) is 4.87. The lowest BCUT2D eigenvalue weighted by Gasteiger charge is -2.07. The van der Waals surface area contributed by atoms with Gasteiger partial charge in [-0.3, -0.25) is 9.59 Å². The van der Waals surface area contributed by atoms with Crippen molar-refractivity contribution in [1.29, 1.82) is 0 Å². The second-order valence-electron chi connectivity index (χ2n) is 7.83. The molecule has 8 nitrogen and oxygen atoms in total. The topological polar surface area (TPSA) is 105 Å². The first kappa shape index (κ1) is 27.6. The Balaban J connectivity index is 1.69. The number of hydrogen-bond donors (Lipinski definition) is 0. The van der Waals surface area contributed by atoms with Crippen molar-refractivity contribution in [2.24, 2.45) is 0 Å². The van der Waals surface area contributed by atoms with E-state index in [1.165, 1.54) is 48.5 Å². The minimum Gasteiger partial charge on any atom is -0.462 e. The number of unbranched alkanes of at least 4 members (excludes halogenated alkanes) is 2. The lowest BCUT2D eigenvalue weighted by molar-refractivity contribution is -0.136. The molecule has 0 radical (unpaired) electrons. The van der Waals surface area contributed by atoms with E-state index < -0.39 is 23.9 Å². The Morgan fingerprint density at radius 2 is 0.943 bits per heavy atom. The Morgan fingerprint density at radius 3 is 1.29 bits per heavy atom. The summed E-state index contributed by atoms with van der Waals surface area (Å²) in [6.07, 6.45) is 3.78. The second-order valence-corrected chi connectivity index (χ2v) is 7.83. The van der Waals surface area contributed by atoms with E-state index in [0.29, 0.717) is 35.8 Å². The molecule has 0 fully saturated rings. The van der Waals surface area contributed by atoms with E-state index in [0.717, 1.165) is 25.7 Å². The Morgan fingerprint density at radius 1 is 0.571 bits per heavy atom. The van der Waals surface area contributed by atoms with E-state index in [1.807, 2.05) is 13.8 Å². The van der Waals surface area contributed by atoms with E-state index >= 15 is 0 Å². The van der Waals surface area contributed by atoms with Crippen molar-refractivity contribution in [2.45, 2.75) is 58.8 Å². The predicted octanol–water partition coefficient (Wildman–Crippen LogP) is 5.28. The first-order chi connectivity index (χ1) is 16.9. The molecule has 0 atom stereocenters. The standard InChI is InChI=1S/C27H32O8/c1-3-5-18-32-26(30)20-10-14-22(15-11-20)34-24(28)8-7-9-25(29)35-23-16-12-21(13-17-23)27(31)33-19-6-4-2/h10-17H,3-9,18-19H2,1-2H3. The van der Waals surface area contributed by atoms with E-state index in [-0.39, 0.29) is 19.3 Å². The third-order valence-corrected chi connectivity index (χ3v) is 4.87. The fourth-order valence-electron chi connectivity index (χ4n) is 2.85. The highest BCUT2D eigenvalue weighted by Gasteiger charge is 2.12. The highest BCUT2D eigenvalue weighted by atomic mass is 16.5. The van der Waals surface area contributed by atoms with Crippen LogP contribution in [0.4, 0.5) is 0 Å². The molecule has 35 heavy (non-hydrogen) atoms. The normalized spacial score (nSPS) is 10.3. The Bertz CT molecular complexity index is 884. The predicted molar refractivity (Wildman–Crippen MR) is 128 cm³/mol. The molecule has 0 N–H and O–H groups in total. The summed E-state index contributed by atoms with van der Waals surface area (Å²) in [6.45, 7) is 4.75. The molecule has 0 aromatic heterocycles. The molecule has 0 aliphatic heterocycles. The van der Waals surface area contributed by atoms with Crippen LogP contribution >= 0.6 is 0 Å². The molecule has 8 heteroatoms. The van der Waals surface area contributed by atoms with Gasteiger partial charge in [-0.1, -0.05) is 26.7 Å². The summed E-state index contributed by atoms with van der Waals surface area (Å²) in [4.78, 5) is 47.8. The molecule has 2 rings (SSSR count). The Kier molecular flexibility index (Phi) is 12.0. The van der Waals surface area contributed by atoms with Gasteiger partial charge in [0, 0.05) is 12.8 Å².